The van der Waals surface area contributed by atoms with Crippen LogP contribution < -0.4 is 22.0 Å². The van der Waals surface area contributed by atoms with Crippen molar-refractivity contribution in [3.63, 3.8) is 0 Å². The maximum Gasteiger partial charge on any atom is 0.166 e. The minimum Gasteiger partial charge on any atom is -0.482 e. The highest BCUT2D eigenvalue weighted by atomic mass is 32.1. The number of hydrogen-bond donors (Lipinski definition) is 3. The smallest absolute Gasteiger partial charge is 0.166 e. The number of ether oxygens (including phenoxy) is 1. The highest BCUT2D eigenvalue weighted by molar-refractivity contribution is 7.81. The molecule has 0 aliphatic carbocycles. The van der Waals surface area contributed by atoms with E-state index in [2.05, 4.69) is 15.1 Å². The minimum atomic E-state index is -0.555. The van der Waals surface area contributed by atoms with Gasteiger partial charge in [-0.3, -0.25) is 4.99 Å². The van der Waals surface area contributed by atoms with Crippen LogP contribution in [0.1, 0.15) is 43.1 Å². The molecular formula is C21H23FN6OS. The Morgan fingerprint density at radius 3 is 2.80 bits per heavy atom. The van der Waals surface area contributed by atoms with Gasteiger partial charge in [0.05, 0.1) is 16.3 Å². The van der Waals surface area contributed by atoms with Crippen LogP contribution in [0.3, 0.4) is 0 Å². The van der Waals surface area contributed by atoms with Crippen molar-refractivity contribution in [3.8, 4) is 5.75 Å². The van der Waals surface area contributed by atoms with Crippen molar-refractivity contribution in [3.05, 3.63) is 64.7 Å². The summed E-state index contributed by atoms with van der Waals surface area (Å²) in [6.07, 6.45) is 2.68. The van der Waals surface area contributed by atoms with Gasteiger partial charge in [0.2, 0.25) is 0 Å². The van der Waals surface area contributed by atoms with Crippen LogP contribution in [0.4, 0.5) is 10.2 Å². The molecule has 0 unspecified atom stereocenters. The number of aromatic nitrogens is 1. The zero-order valence-corrected chi connectivity index (χ0v) is 17.5. The number of thiocarbonyl (C=S) groups is 1. The van der Waals surface area contributed by atoms with Gasteiger partial charge in [-0.25, -0.2) is 9.37 Å². The molecule has 0 fully saturated rings. The topological polar surface area (TPSA) is 125 Å². The van der Waals surface area contributed by atoms with Crippen LogP contribution in [0.15, 0.2) is 52.3 Å². The number of benzene rings is 1. The lowest BCUT2D eigenvalue weighted by Gasteiger charge is -2.22. The summed E-state index contributed by atoms with van der Waals surface area (Å²) in [6, 6.07) is 6.07. The lowest BCUT2D eigenvalue weighted by atomic mass is 9.92. The van der Waals surface area contributed by atoms with Crippen molar-refractivity contribution in [2.75, 3.05) is 12.3 Å². The van der Waals surface area contributed by atoms with Gasteiger partial charge >= 0.3 is 0 Å². The average molecular weight is 427 g/mol. The van der Waals surface area contributed by atoms with E-state index >= 15 is 0 Å². The number of allylic oxidation sites excluding steroid dienone is 1. The van der Waals surface area contributed by atoms with Gasteiger partial charge in [-0.1, -0.05) is 18.3 Å². The number of hydrazone groups is 1. The number of hydrogen-bond acceptors (Lipinski definition) is 8. The number of rotatable bonds is 1. The zero-order chi connectivity index (χ0) is 21.8. The number of nitrogens with two attached hydrogens (primary N) is 3. The van der Waals surface area contributed by atoms with E-state index in [1.165, 1.54) is 18.3 Å². The molecule has 2 bridgehead atoms. The van der Waals surface area contributed by atoms with Crippen molar-refractivity contribution in [1.82, 2.24) is 4.98 Å². The Bertz CT molecular complexity index is 1080. The number of pyridine rings is 1. The van der Waals surface area contributed by atoms with Gasteiger partial charge < -0.3 is 22.0 Å². The van der Waals surface area contributed by atoms with E-state index < -0.39 is 11.9 Å². The maximum absolute atomic E-state index is 14.1. The molecule has 9 heteroatoms. The third-order valence-corrected chi connectivity index (χ3v) is 5.23. The van der Waals surface area contributed by atoms with Gasteiger partial charge in [0.15, 0.2) is 11.6 Å². The first-order valence-corrected chi connectivity index (χ1v) is 9.79. The van der Waals surface area contributed by atoms with Crippen molar-refractivity contribution >= 4 is 34.3 Å². The monoisotopic (exact) mass is 426 g/mol. The van der Waals surface area contributed by atoms with E-state index in [-0.39, 0.29) is 12.2 Å². The van der Waals surface area contributed by atoms with Crippen molar-refractivity contribution in [2.45, 2.75) is 26.4 Å². The van der Waals surface area contributed by atoms with Crippen LogP contribution in [0.2, 0.25) is 0 Å². The second-order valence-electron chi connectivity index (χ2n) is 6.70. The predicted molar refractivity (Wildman–Crippen MR) is 121 cm³/mol. The number of aliphatic imine (C=N–C) groups is 1. The van der Waals surface area contributed by atoms with E-state index in [1.54, 1.807) is 25.3 Å². The normalized spacial score (nSPS) is 21.1. The van der Waals surface area contributed by atoms with Gasteiger partial charge in [0.25, 0.3) is 0 Å². The first kappa shape index (κ1) is 21.4. The van der Waals surface area contributed by atoms with Crippen LogP contribution >= 0.6 is 12.2 Å². The van der Waals surface area contributed by atoms with Crippen molar-refractivity contribution < 1.29 is 9.13 Å². The molecule has 6 N–H and O–H groups in total. The second-order valence-corrected chi connectivity index (χ2v) is 7.10. The van der Waals surface area contributed by atoms with E-state index in [0.717, 1.165) is 0 Å². The summed E-state index contributed by atoms with van der Waals surface area (Å²) >= 11 is 5.70. The van der Waals surface area contributed by atoms with Crippen LogP contribution in [0.25, 0.3) is 0 Å². The third kappa shape index (κ3) is 4.16. The van der Waals surface area contributed by atoms with E-state index in [9.17, 15) is 4.39 Å². The van der Waals surface area contributed by atoms with Crippen LogP contribution in [0.5, 0.6) is 5.75 Å². The maximum atomic E-state index is 14.1. The van der Waals surface area contributed by atoms with Gasteiger partial charge in [-0.05, 0) is 49.4 Å². The Morgan fingerprint density at radius 2 is 2.13 bits per heavy atom. The van der Waals surface area contributed by atoms with E-state index in [1.807, 2.05) is 6.92 Å². The molecule has 1 atom stereocenters. The first-order chi connectivity index (χ1) is 14.4. The first-order valence-electron chi connectivity index (χ1n) is 9.38. The summed E-state index contributed by atoms with van der Waals surface area (Å²) < 4.78 is 20.1. The lowest BCUT2D eigenvalue weighted by molar-refractivity contribution is 0.227. The lowest BCUT2D eigenvalue weighted by Crippen LogP contribution is -2.23. The number of anilines is 1. The largest absolute Gasteiger partial charge is 0.482 e. The third-order valence-electron chi connectivity index (χ3n) is 4.75. The molecule has 1 aliphatic rings. The molecule has 0 saturated heterocycles. The predicted octanol–water partition coefficient (Wildman–Crippen LogP) is 3.03. The Kier molecular flexibility index (Phi) is 6.41. The SMILES string of the molecule is CCN=C1C(=NN)CC(=CN)C(=S)c2ccc(F)cc2[C@@H](C)Oc2cc1cnc2N. The summed E-state index contributed by atoms with van der Waals surface area (Å²) in [4.78, 5) is 9.23. The van der Waals surface area contributed by atoms with Crippen LogP contribution in [-0.2, 0) is 0 Å². The highest BCUT2D eigenvalue weighted by Crippen LogP contribution is 2.31. The van der Waals surface area contributed by atoms with Crippen LogP contribution in [-0.4, -0.2) is 27.8 Å². The zero-order valence-electron chi connectivity index (χ0n) is 16.7. The summed E-state index contributed by atoms with van der Waals surface area (Å²) in [5.41, 5.74) is 15.4. The molecule has 2 aromatic rings. The molecule has 2 heterocycles. The number of nitrogens with zero attached hydrogens (tertiary/aromatic N) is 3. The minimum absolute atomic E-state index is 0.202. The summed E-state index contributed by atoms with van der Waals surface area (Å²) in [6.45, 7) is 4.19. The molecule has 156 valence electrons. The molecule has 0 saturated carbocycles. The summed E-state index contributed by atoms with van der Waals surface area (Å²) in [5, 5.41) is 3.94. The average Bonchev–Trinajstić information content (AvgIpc) is 2.74. The standard InChI is InChI=1S/C21H23FN6OS/c1-3-26-19-13-7-18(21(24)27-10-13)29-11(2)16-8-14(22)4-5-15(16)20(30)12(9-23)6-17(19)28-25/h4-5,7-11H,3,6,23,25H2,1-2H3,(H2,24,27)/t11-/m1/s1. The van der Waals surface area contributed by atoms with Crippen molar-refractivity contribution in [2.24, 2.45) is 21.7 Å². The van der Waals surface area contributed by atoms with Gasteiger partial charge in [0.1, 0.15) is 11.9 Å². The quantitative estimate of drug-likeness (QED) is 0.279. The molecule has 0 amide bonds. The molecule has 1 aliphatic heterocycles. The Hall–Kier alpha value is -3.33. The van der Waals surface area contributed by atoms with Crippen molar-refractivity contribution in [1.29, 1.82) is 0 Å². The van der Waals surface area contributed by atoms with Gasteiger partial charge in [-0.2, -0.15) is 5.10 Å². The second kappa shape index (κ2) is 9.00. The molecule has 1 aromatic heterocycles. The fraction of sp³-hybridized carbons (Fsp3) is 0.238. The number of halogens is 1. The Labute approximate surface area is 179 Å². The fourth-order valence-electron chi connectivity index (χ4n) is 3.28. The Balaban J connectivity index is 2.28. The summed E-state index contributed by atoms with van der Waals surface area (Å²) in [7, 11) is 0. The molecule has 3 rings (SSSR count). The molecule has 1 aromatic carbocycles. The van der Waals surface area contributed by atoms with E-state index in [4.69, 9.17) is 34.3 Å². The van der Waals surface area contributed by atoms with Crippen LogP contribution in [0, 0.1) is 5.82 Å². The number of nitrogen functional groups attached to an aromatic ring is 1. The number of fused-ring (bicyclic) bond motifs is 3. The summed E-state index contributed by atoms with van der Waals surface area (Å²) in [5.74, 6) is 5.85. The van der Waals surface area contributed by atoms with E-state index in [0.29, 0.717) is 50.8 Å². The molecular weight excluding hydrogens is 403 g/mol. The molecule has 30 heavy (non-hydrogen) atoms. The fourth-order valence-corrected chi connectivity index (χ4v) is 3.60. The molecule has 0 spiro atoms. The highest BCUT2D eigenvalue weighted by Gasteiger charge is 2.24. The molecule has 7 nitrogen and oxygen atoms in total. The molecule has 0 radical (unpaired) electrons. The Morgan fingerprint density at radius 1 is 1.37 bits per heavy atom. The van der Waals surface area contributed by atoms with Gasteiger partial charge in [0, 0.05) is 30.3 Å². The van der Waals surface area contributed by atoms with Gasteiger partial charge in [-0.15, -0.1) is 0 Å².